The molecule has 0 aromatic carbocycles. The SMILES string of the molecule is BrC1CCC2OCCN3CC(I)NC3C2C1. The van der Waals surface area contributed by atoms with Gasteiger partial charge in [0.05, 0.1) is 22.9 Å². The van der Waals surface area contributed by atoms with Gasteiger partial charge < -0.3 is 4.74 Å². The fraction of sp³-hybridized carbons (Fsp3) is 1.00. The van der Waals surface area contributed by atoms with E-state index < -0.39 is 0 Å². The third kappa shape index (κ3) is 2.30. The molecular weight excluding hydrogens is 383 g/mol. The summed E-state index contributed by atoms with van der Waals surface area (Å²) in [4.78, 5) is 3.26. The fourth-order valence-corrected chi connectivity index (χ4v) is 4.84. The Kier molecular flexibility index (Phi) is 3.79. The Labute approximate surface area is 119 Å². The molecule has 0 aromatic rings. The first-order valence-electron chi connectivity index (χ1n) is 6.14. The molecule has 2 aliphatic heterocycles. The van der Waals surface area contributed by atoms with Gasteiger partial charge in [-0.3, -0.25) is 10.2 Å². The molecule has 92 valence electrons. The molecule has 3 nitrogen and oxygen atoms in total. The highest BCUT2D eigenvalue weighted by Gasteiger charge is 2.43. The van der Waals surface area contributed by atoms with Crippen LogP contribution in [0.15, 0.2) is 0 Å². The van der Waals surface area contributed by atoms with Crippen LogP contribution in [-0.2, 0) is 4.74 Å². The van der Waals surface area contributed by atoms with E-state index in [1.807, 2.05) is 0 Å². The summed E-state index contributed by atoms with van der Waals surface area (Å²) in [5.41, 5.74) is 0. The largest absolute Gasteiger partial charge is 0.376 e. The van der Waals surface area contributed by atoms with Gasteiger partial charge in [-0.1, -0.05) is 38.5 Å². The Hall–Kier alpha value is 1.09. The first kappa shape index (κ1) is 12.1. The Morgan fingerprint density at radius 2 is 2.25 bits per heavy atom. The van der Waals surface area contributed by atoms with Crippen molar-refractivity contribution in [2.24, 2.45) is 5.92 Å². The predicted molar refractivity (Wildman–Crippen MR) is 76.1 cm³/mol. The number of fused-ring (bicyclic) bond motifs is 3. The summed E-state index contributed by atoms with van der Waals surface area (Å²) in [6, 6.07) is 0. The lowest BCUT2D eigenvalue weighted by Gasteiger charge is -2.37. The van der Waals surface area contributed by atoms with Crippen LogP contribution in [0.25, 0.3) is 0 Å². The van der Waals surface area contributed by atoms with Gasteiger partial charge >= 0.3 is 0 Å². The quantitative estimate of drug-likeness (QED) is 0.382. The molecule has 1 aliphatic carbocycles. The molecule has 1 saturated carbocycles. The third-order valence-corrected chi connectivity index (χ3v) is 5.61. The van der Waals surface area contributed by atoms with E-state index in [2.05, 4.69) is 48.7 Å². The van der Waals surface area contributed by atoms with Crippen LogP contribution < -0.4 is 5.32 Å². The van der Waals surface area contributed by atoms with Crippen LogP contribution in [0.5, 0.6) is 0 Å². The average molecular weight is 401 g/mol. The maximum absolute atomic E-state index is 6.02. The highest BCUT2D eigenvalue weighted by Crippen LogP contribution is 2.37. The smallest absolute Gasteiger partial charge is 0.0735 e. The number of nitrogens with zero attached hydrogens (tertiary/aromatic N) is 1. The van der Waals surface area contributed by atoms with Gasteiger partial charge in [0, 0.05) is 23.8 Å². The maximum atomic E-state index is 6.02. The Morgan fingerprint density at radius 3 is 3.12 bits per heavy atom. The number of halogens is 2. The molecule has 0 radical (unpaired) electrons. The first-order chi connectivity index (χ1) is 7.74. The average Bonchev–Trinajstić information content (AvgIpc) is 2.54. The number of rotatable bonds is 0. The van der Waals surface area contributed by atoms with Crippen molar-refractivity contribution in [3.63, 3.8) is 0 Å². The van der Waals surface area contributed by atoms with E-state index in [0.29, 0.717) is 27.1 Å². The van der Waals surface area contributed by atoms with Gasteiger partial charge in [0.25, 0.3) is 0 Å². The number of nitrogens with one attached hydrogen (secondary N) is 1. The van der Waals surface area contributed by atoms with Crippen LogP contribution in [0.3, 0.4) is 0 Å². The third-order valence-electron chi connectivity index (χ3n) is 4.03. The molecule has 5 atom stereocenters. The molecule has 2 saturated heterocycles. The van der Waals surface area contributed by atoms with Crippen LogP contribution in [0.4, 0.5) is 0 Å². The van der Waals surface area contributed by atoms with E-state index >= 15 is 0 Å². The zero-order valence-electron chi connectivity index (χ0n) is 9.24. The van der Waals surface area contributed by atoms with Crippen molar-refractivity contribution < 1.29 is 4.74 Å². The molecule has 0 bridgehead atoms. The Balaban J connectivity index is 1.79. The zero-order chi connectivity index (χ0) is 11.1. The fourth-order valence-electron chi connectivity index (χ4n) is 3.27. The van der Waals surface area contributed by atoms with E-state index in [1.54, 1.807) is 0 Å². The maximum Gasteiger partial charge on any atom is 0.0735 e. The predicted octanol–water partition coefficient (Wildman–Crippen LogP) is 1.94. The van der Waals surface area contributed by atoms with E-state index in [-0.39, 0.29) is 0 Å². The normalized spacial score (nSPS) is 49.5. The molecule has 5 heteroatoms. The second kappa shape index (κ2) is 4.99. The van der Waals surface area contributed by atoms with Crippen molar-refractivity contribution in [1.29, 1.82) is 0 Å². The molecule has 0 amide bonds. The molecule has 3 rings (SSSR count). The van der Waals surface area contributed by atoms with Crippen molar-refractivity contribution >= 4 is 38.5 Å². The molecule has 5 unspecified atom stereocenters. The number of ether oxygens (including phenoxy) is 1. The number of hydrogen-bond donors (Lipinski definition) is 1. The first-order valence-corrected chi connectivity index (χ1v) is 8.30. The van der Waals surface area contributed by atoms with Crippen LogP contribution in [0.2, 0.25) is 0 Å². The van der Waals surface area contributed by atoms with Crippen LogP contribution >= 0.6 is 38.5 Å². The van der Waals surface area contributed by atoms with E-state index in [1.165, 1.54) is 25.8 Å². The minimum absolute atomic E-state index is 0.484. The highest BCUT2D eigenvalue weighted by molar-refractivity contribution is 14.1. The summed E-state index contributed by atoms with van der Waals surface area (Å²) < 4.78 is 6.63. The number of hydrogen-bond acceptors (Lipinski definition) is 3. The van der Waals surface area contributed by atoms with E-state index in [4.69, 9.17) is 4.74 Å². The minimum atomic E-state index is 0.484. The second-order valence-electron chi connectivity index (χ2n) is 5.06. The van der Waals surface area contributed by atoms with Gasteiger partial charge in [-0.2, -0.15) is 0 Å². The van der Waals surface area contributed by atoms with E-state index in [0.717, 1.165) is 13.2 Å². The minimum Gasteiger partial charge on any atom is -0.376 e. The zero-order valence-corrected chi connectivity index (χ0v) is 13.0. The standard InChI is InChI=1S/C11H18BrIN2O/c12-7-1-2-9-8(5-7)11-14-10(13)6-15(11)3-4-16-9/h7-11,14H,1-6H2. The Bertz CT molecular complexity index is 266. The van der Waals surface area contributed by atoms with Gasteiger partial charge in [0.1, 0.15) is 0 Å². The molecule has 16 heavy (non-hydrogen) atoms. The highest BCUT2D eigenvalue weighted by atomic mass is 127. The second-order valence-corrected chi connectivity index (χ2v) is 7.86. The monoisotopic (exact) mass is 400 g/mol. The molecule has 3 aliphatic rings. The molecule has 2 heterocycles. The summed E-state index contributed by atoms with van der Waals surface area (Å²) in [5, 5.41) is 3.73. The topological polar surface area (TPSA) is 24.5 Å². The van der Waals surface area contributed by atoms with Gasteiger partial charge in [-0.15, -0.1) is 0 Å². The molecular formula is C11H18BrIN2O. The summed E-state index contributed by atoms with van der Waals surface area (Å²) in [6.45, 7) is 3.18. The van der Waals surface area contributed by atoms with E-state index in [9.17, 15) is 0 Å². The van der Waals surface area contributed by atoms with Crippen LogP contribution in [0.1, 0.15) is 19.3 Å². The lowest BCUT2D eigenvalue weighted by Crippen LogP contribution is -2.48. The molecule has 1 N–H and O–H groups in total. The van der Waals surface area contributed by atoms with Crippen LogP contribution in [0, 0.1) is 5.92 Å². The van der Waals surface area contributed by atoms with Gasteiger partial charge in [0.2, 0.25) is 0 Å². The summed E-state index contributed by atoms with van der Waals surface area (Å²) in [6.07, 6.45) is 4.77. The van der Waals surface area contributed by atoms with Gasteiger partial charge in [-0.25, -0.2) is 0 Å². The van der Waals surface area contributed by atoms with Crippen molar-refractivity contribution in [2.45, 2.75) is 40.4 Å². The van der Waals surface area contributed by atoms with Crippen LogP contribution in [-0.4, -0.2) is 45.7 Å². The molecule has 0 aromatic heterocycles. The van der Waals surface area contributed by atoms with Crippen molar-refractivity contribution in [1.82, 2.24) is 10.2 Å². The summed E-state index contributed by atoms with van der Waals surface area (Å²) >= 11 is 6.30. The van der Waals surface area contributed by atoms with Gasteiger partial charge in [0.15, 0.2) is 0 Å². The molecule has 0 spiro atoms. The summed E-state index contributed by atoms with van der Waals surface area (Å²) in [5.74, 6) is 0.667. The van der Waals surface area contributed by atoms with Crippen molar-refractivity contribution in [2.75, 3.05) is 19.7 Å². The lowest BCUT2D eigenvalue weighted by molar-refractivity contribution is -0.00156. The van der Waals surface area contributed by atoms with Crippen molar-refractivity contribution in [3.8, 4) is 0 Å². The van der Waals surface area contributed by atoms with Crippen molar-refractivity contribution in [3.05, 3.63) is 0 Å². The Morgan fingerprint density at radius 1 is 1.38 bits per heavy atom. The molecule has 3 fully saturated rings. The number of alkyl halides is 2. The van der Waals surface area contributed by atoms with Gasteiger partial charge in [-0.05, 0) is 19.3 Å². The summed E-state index contributed by atoms with van der Waals surface area (Å²) in [7, 11) is 0. The lowest BCUT2D eigenvalue weighted by atomic mass is 9.84.